The maximum absolute atomic E-state index is 5.64. The molecular weight excluding hydrogens is 226 g/mol. The second kappa shape index (κ2) is 5.20. The molecule has 0 bridgehead atoms. The Bertz CT molecular complexity index is 408. The molecule has 0 saturated carbocycles. The van der Waals surface area contributed by atoms with Crippen molar-refractivity contribution in [2.75, 3.05) is 25.0 Å². The molecule has 2 unspecified atom stereocenters. The summed E-state index contributed by atoms with van der Waals surface area (Å²) in [6.45, 7) is 8.93. The lowest BCUT2D eigenvalue weighted by Gasteiger charge is -2.42. The van der Waals surface area contributed by atoms with Gasteiger partial charge < -0.3 is 10.6 Å². The van der Waals surface area contributed by atoms with Crippen LogP contribution >= 0.6 is 0 Å². The van der Waals surface area contributed by atoms with E-state index in [1.165, 1.54) is 0 Å². The molecule has 0 spiro atoms. The second-order valence-corrected chi connectivity index (χ2v) is 5.25. The number of rotatable bonds is 2. The van der Waals surface area contributed by atoms with Gasteiger partial charge in [-0.3, -0.25) is 4.90 Å². The highest BCUT2D eigenvalue weighted by atomic mass is 15.3. The maximum atomic E-state index is 5.64. The fourth-order valence-corrected chi connectivity index (χ4v) is 2.40. The third kappa shape index (κ3) is 2.47. The summed E-state index contributed by atoms with van der Waals surface area (Å²) in [5, 5.41) is 0. The van der Waals surface area contributed by atoms with Gasteiger partial charge in [-0.15, -0.1) is 0 Å². The molecule has 2 heterocycles. The number of nitrogens with zero attached hydrogens (tertiary/aromatic N) is 4. The van der Waals surface area contributed by atoms with E-state index in [2.05, 4.69) is 40.7 Å². The topological polar surface area (TPSA) is 58.3 Å². The normalized spacial score (nSPS) is 25.5. The van der Waals surface area contributed by atoms with Crippen LogP contribution in [0.4, 0.5) is 5.95 Å². The van der Waals surface area contributed by atoms with Gasteiger partial charge in [0.05, 0.1) is 0 Å². The zero-order valence-electron chi connectivity index (χ0n) is 11.7. The number of aromatic nitrogens is 2. The summed E-state index contributed by atoms with van der Waals surface area (Å²) in [5.41, 5.74) is 7.65. The molecule has 1 aliphatic heterocycles. The van der Waals surface area contributed by atoms with Gasteiger partial charge in [-0.25, -0.2) is 9.97 Å². The van der Waals surface area contributed by atoms with Crippen molar-refractivity contribution in [1.29, 1.82) is 0 Å². The lowest BCUT2D eigenvalue weighted by atomic mass is 10.1. The van der Waals surface area contributed by atoms with E-state index in [1.807, 2.05) is 13.1 Å². The Labute approximate surface area is 109 Å². The Morgan fingerprint density at radius 1 is 1.33 bits per heavy atom. The number of hydrogen-bond acceptors (Lipinski definition) is 5. The molecule has 1 fully saturated rings. The first-order chi connectivity index (χ1) is 8.52. The zero-order chi connectivity index (χ0) is 13.3. The van der Waals surface area contributed by atoms with Crippen LogP contribution in [0.25, 0.3) is 0 Å². The average molecular weight is 249 g/mol. The van der Waals surface area contributed by atoms with Crippen molar-refractivity contribution in [3.05, 3.63) is 17.5 Å². The molecule has 1 saturated heterocycles. The molecule has 2 N–H and O–H groups in total. The van der Waals surface area contributed by atoms with Gasteiger partial charge in [-0.05, 0) is 27.8 Å². The predicted molar refractivity (Wildman–Crippen MR) is 73.6 cm³/mol. The minimum atomic E-state index is 0.502. The van der Waals surface area contributed by atoms with Crippen LogP contribution in [0.2, 0.25) is 0 Å². The van der Waals surface area contributed by atoms with Crippen LogP contribution < -0.4 is 10.6 Å². The van der Waals surface area contributed by atoms with Gasteiger partial charge in [0.2, 0.25) is 5.95 Å². The number of aryl methyl sites for hydroxylation is 1. The number of hydrogen-bond donors (Lipinski definition) is 1. The Hall–Kier alpha value is -1.20. The van der Waals surface area contributed by atoms with Crippen molar-refractivity contribution in [3.63, 3.8) is 0 Å². The van der Waals surface area contributed by atoms with E-state index in [0.717, 1.165) is 30.3 Å². The third-order valence-corrected chi connectivity index (χ3v) is 3.93. The summed E-state index contributed by atoms with van der Waals surface area (Å²) in [6.07, 6.45) is 1.85. The molecule has 2 atom stereocenters. The monoisotopic (exact) mass is 249 g/mol. The van der Waals surface area contributed by atoms with E-state index in [4.69, 9.17) is 5.73 Å². The summed E-state index contributed by atoms with van der Waals surface area (Å²) in [5.74, 6) is 0.830. The second-order valence-electron chi connectivity index (χ2n) is 5.25. The van der Waals surface area contributed by atoms with Crippen molar-refractivity contribution in [1.82, 2.24) is 14.9 Å². The van der Waals surface area contributed by atoms with Crippen LogP contribution in [0.5, 0.6) is 0 Å². The highest BCUT2D eigenvalue weighted by Gasteiger charge is 2.27. The molecule has 0 aliphatic carbocycles. The van der Waals surface area contributed by atoms with Crippen LogP contribution in [0, 0.1) is 6.92 Å². The first-order valence-corrected chi connectivity index (χ1v) is 6.52. The van der Waals surface area contributed by atoms with Crippen molar-refractivity contribution >= 4 is 5.95 Å². The number of anilines is 1. The van der Waals surface area contributed by atoms with Crippen LogP contribution in [-0.4, -0.2) is 47.1 Å². The summed E-state index contributed by atoms with van der Waals surface area (Å²) in [6, 6.07) is 1.04. The van der Waals surface area contributed by atoms with Crippen LogP contribution in [0.15, 0.2) is 6.20 Å². The number of piperazine rings is 1. The fraction of sp³-hybridized carbons (Fsp3) is 0.692. The Balaban J connectivity index is 2.19. The van der Waals surface area contributed by atoms with Gasteiger partial charge in [0.15, 0.2) is 0 Å². The first-order valence-electron chi connectivity index (χ1n) is 6.52. The molecule has 1 aliphatic rings. The van der Waals surface area contributed by atoms with Crippen LogP contribution in [0.3, 0.4) is 0 Å². The molecule has 5 nitrogen and oxygen atoms in total. The molecule has 5 heteroatoms. The zero-order valence-corrected chi connectivity index (χ0v) is 11.7. The molecule has 0 amide bonds. The lowest BCUT2D eigenvalue weighted by molar-refractivity contribution is 0.169. The fourth-order valence-electron chi connectivity index (χ4n) is 2.40. The summed E-state index contributed by atoms with van der Waals surface area (Å²) in [7, 11) is 2.18. The predicted octanol–water partition coefficient (Wildman–Crippen LogP) is 0.773. The van der Waals surface area contributed by atoms with Crippen LogP contribution in [0.1, 0.15) is 25.1 Å². The molecule has 2 rings (SSSR count). The van der Waals surface area contributed by atoms with Gasteiger partial charge in [-0.2, -0.15) is 0 Å². The van der Waals surface area contributed by atoms with Gasteiger partial charge in [0, 0.05) is 49.2 Å². The average Bonchev–Trinajstić information content (AvgIpc) is 2.35. The van der Waals surface area contributed by atoms with E-state index in [-0.39, 0.29) is 0 Å². The molecule has 0 radical (unpaired) electrons. The van der Waals surface area contributed by atoms with E-state index < -0.39 is 0 Å². The highest BCUT2D eigenvalue weighted by Crippen LogP contribution is 2.18. The van der Waals surface area contributed by atoms with Gasteiger partial charge >= 0.3 is 0 Å². The van der Waals surface area contributed by atoms with E-state index in [0.29, 0.717) is 18.6 Å². The van der Waals surface area contributed by atoms with Crippen LogP contribution in [-0.2, 0) is 6.54 Å². The van der Waals surface area contributed by atoms with E-state index >= 15 is 0 Å². The van der Waals surface area contributed by atoms with Crippen molar-refractivity contribution in [3.8, 4) is 0 Å². The Morgan fingerprint density at radius 2 is 1.94 bits per heavy atom. The smallest absolute Gasteiger partial charge is 0.225 e. The SMILES string of the molecule is Cc1nc(N2CC(C)N(C)C(C)C2)ncc1CN. The largest absolute Gasteiger partial charge is 0.338 e. The maximum Gasteiger partial charge on any atom is 0.225 e. The molecule has 1 aromatic rings. The first kappa shape index (κ1) is 13.2. The molecule has 18 heavy (non-hydrogen) atoms. The molecule has 100 valence electrons. The molecule has 0 aromatic carbocycles. The minimum absolute atomic E-state index is 0.502. The Morgan fingerprint density at radius 3 is 2.44 bits per heavy atom. The summed E-state index contributed by atoms with van der Waals surface area (Å²) >= 11 is 0. The number of nitrogens with two attached hydrogens (primary N) is 1. The minimum Gasteiger partial charge on any atom is -0.338 e. The standard InChI is InChI=1S/C13H23N5/c1-9-7-18(8-10(2)17(9)4)13-15-6-12(5-14)11(3)16-13/h6,9-10H,5,7-8,14H2,1-4H3. The summed E-state index contributed by atoms with van der Waals surface area (Å²) in [4.78, 5) is 13.7. The lowest BCUT2D eigenvalue weighted by Crippen LogP contribution is -2.55. The summed E-state index contributed by atoms with van der Waals surface area (Å²) < 4.78 is 0. The van der Waals surface area contributed by atoms with Gasteiger partial charge in [0.25, 0.3) is 0 Å². The highest BCUT2D eigenvalue weighted by molar-refractivity contribution is 5.34. The molecular formula is C13H23N5. The Kier molecular flexibility index (Phi) is 3.82. The third-order valence-electron chi connectivity index (χ3n) is 3.93. The van der Waals surface area contributed by atoms with E-state index in [9.17, 15) is 0 Å². The molecule has 1 aromatic heterocycles. The quantitative estimate of drug-likeness (QED) is 0.839. The van der Waals surface area contributed by atoms with Gasteiger partial charge in [0.1, 0.15) is 0 Å². The van der Waals surface area contributed by atoms with Crippen molar-refractivity contribution in [2.24, 2.45) is 5.73 Å². The van der Waals surface area contributed by atoms with E-state index in [1.54, 1.807) is 0 Å². The van der Waals surface area contributed by atoms with Crippen molar-refractivity contribution in [2.45, 2.75) is 39.4 Å². The van der Waals surface area contributed by atoms with Crippen molar-refractivity contribution < 1.29 is 0 Å². The van der Waals surface area contributed by atoms with Gasteiger partial charge in [-0.1, -0.05) is 0 Å². The number of likely N-dealkylation sites (N-methyl/N-ethyl adjacent to an activating group) is 1.